The number of nitro benzene ring substituents is 1. The van der Waals surface area contributed by atoms with Gasteiger partial charge in [0, 0.05) is 25.1 Å². The molecule has 0 aromatic heterocycles. The maximum atomic E-state index is 12.7. The van der Waals surface area contributed by atoms with Crippen molar-refractivity contribution in [3.05, 3.63) is 69.3 Å². The predicted octanol–water partition coefficient (Wildman–Crippen LogP) is 3.44. The van der Waals surface area contributed by atoms with Crippen molar-refractivity contribution < 1.29 is 19.2 Å². The predicted molar refractivity (Wildman–Crippen MR) is 102 cm³/mol. The molecule has 2 aliphatic rings. The summed E-state index contributed by atoms with van der Waals surface area (Å²) in [5.41, 5.74) is 3.27. The number of non-ortho nitro benzene ring substituents is 1. The molecule has 7 heteroatoms. The summed E-state index contributed by atoms with van der Waals surface area (Å²) in [4.78, 5) is 37.1. The Bertz CT molecular complexity index is 956. The molecule has 7 nitrogen and oxygen atoms in total. The van der Waals surface area contributed by atoms with Crippen molar-refractivity contribution in [1.82, 2.24) is 0 Å². The van der Waals surface area contributed by atoms with E-state index < -0.39 is 17.0 Å². The molecule has 0 spiro atoms. The van der Waals surface area contributed by atoms with Crippen LogP contribution in [0.5, 0.6) is 0 Å². The first-order chi connectivity index (χ1) is 13.5. The lowest BCUT2D eigenvalue weighted by Crippen LogP contribution is -2.32. The van der Waals surface area contributed by atoms with Crippen LogP contribution in [0, 0.1) is 10.1 Å². The molecule has 1 aliphatic heterocycles. The highest BCUT2D eigenvalue weighted by atomic mass is 16.6. The third-order valence-corrected chi connectivity index (χ3v) is 5.34. The minimum absolute atomic E-state index is 0.0835. The molecule has 0 radical (unpaired) electrons. The summed E-state index contributed by atoms with van der Waals surface area (Å²) in [7, 11) is 0. The van der Waals surface area contributed by atoms with Gasteiger partial charge in [-0.1, -0.05) is 12.1 Å². The number of amides is 1. The van der Waals surface area contributed by atoms with E-state index in [9.17, 15) is 19.7 Å². The lowest BCUT2D eigenvalue weighted by molar-refractivity contribution is -0.384. The maximum Gasteiger partial charge on any atom is 0.338 e. The topological polar surface area (TPSA) is 89.8 Å². The van der Waals surface area contributed by atoms with Gasteiger partial charge in [-0.05, 0) is 55.0 Å². The Labute approximate surface area is 162 Å². The second-order valence-electron chi connectivity index (χ2n) is 7.14. The quantitative estimate of drug-likeness (QED) is 0.460. The van der Waals surface area contributed by atoms with E-state index in [-0.39, 0.29) is 11.6 Å². The second-order valence-corrected chi connectivity index (χ2v) is 7.14. The summed E-state index contributed by atoms with van der Waals surface area (Å²) in [6.07, 6.45) is 3.76. The van der Waals surface area contributed by atoms with Crippen LogP contribution in [0.3, 0.4) is 0 Å². The number of nitro groups is 1. The van der Waals surface area contributed by atoms with Crippen LogP contribution in [-0.2, 0) is 22.4 Å². The number of hydrogen-bond donors (Lipinski definition) is 0. The highest BCUT2D eigenvalue weighted by molar-refractivity contribution is 6.01. The average Bonchev–Trinajstić information content (AvgIpc) is 3.08. The Kier molecular flexibility index (Phi) is 4.81. The SMILES string of the molecule is O=C(OC1CCN(c2cccc([N+](=O)[O-])c2)C1=O)c1ccc2c(c1)CCCC2. The van der Waals surface area contributed by atoms with Crippen LogP contribution >= 0.6 is 0 Å². The molecule has 28 heavy (non-hydrogen) atoms. The molecule has 4 rings (SSSR count). The van der Waals surface area contributed by atoms with Gasteiger partial charge in [-0.15, -0.1) is 0 Å². The number of hydrogen-bond acceptors (Lipinski definition) is 5. The minimum atomic E-state index is -0.872. The van der Waals surface area contributed by atoms with Gasteiger partial charge >= 0.3 is 5.97 Å². The number of esters is 1. The van der Waals surface area contributed by atoms with Gasteiger partial charge in [-0.3, -0.25) is 14.9 Å². The van der Waals surface area contributed by atoms with E-state index >= 15 is 0 Å². The zero-order valence-electron chi connectivity index (χ0n) is 15.3. The summed E-state index contributed by atoms with van der Waals surface area (Å²) in [6.45, 7) is 0.349. The standard InChI is InChI=1S/C21H20N2O5/c24-20-19(10-11-22(20)17-6-3-7-18(13-17)23(26)27)28-21(25)16-9-8-14-4-1-2-5-15(14)12-16/h3,6-9,12-13,19H,1-2,4-5,10-11H2. The van der Waals surface area contributed by atoms with Crippen molar-refractivity contribution in [2.45, 2.75) is 38.2 Å². The number of carbonyl (C=O) groups is 2. The van der Waals surface area contributed by atoms with Crippen molar-refractivity contribution in [2.75, 3.05) is 11.4 Å². The molecule has 0 bridgehead atoms. The first kappa shape index (κ1) is 18.2. The highest BCUT2D eigenvalue weighted by Gasteiger charge is 2.36. The van der Waals surface area contributed by atoms with Crippen molar-refractivity contribution >= 4 is 23.3 Å². The number of benzene rings is 2. The van der Waals surface area contributed by atoms with Crippen molar-refractivity contribution in [3.63, 3.8) is 0 Å². The highest BCUT2D eigenvalue weighted by Crippen LogP contribution is 2.27. The summed E-state index contributed by atoms with van der Waals surface area (Å²) >= 11 is 0. The lowest BCUT2D eigenvalue weighted by Gasteiger charge is -2.18. The van der Waals surface area contributed by atoms with Crippen LogP contribution in [0.25, 0.3) is 0 Å². The third-order valence-electron chi connectivity index (χ3n) is 5.34. The van der Waals surface area contributed by atoms with Gasteiger partial charge in [0.15, 0.2) is 6.10 Å². The van der Waals surface area contributed by atoms with E-state index in [1.807, 2.05) is 12.1 Å². The third kappa shape index (κ3) is 3.47. The first-order valence-electron chi connectivity index (χ1n) is 9.41. The molecular formula is C21H20N2O5. The number of rotatable bonds is 4. The van der Waals surface area contributed by atoms with E-state index in [0.29, 0.717) is 24.2 Å². The molecule has 1 heterocycles. The monoisotopic (exact) mass is 380 g/mol. The summed E-state index contributed by atoms with van der Waals surface area (Å²) in [5.74, 6) is -0.862. The smallest absolute Gasteiger partial charge is 0.338 e. The van der Waals surface area contributed by atoms with Crippen molar-refractivity contribution in [2.24, 2.45) is 0 Å². The van der Waals surface area contributed by atoms with Crippen molar-refractivity contribution in [1.29, 1.82) is 0 Å². The molecule has 1 amide bonds. The maximum absolute atomic E-state index is 12.7. The Morgan fingerprint density at radius 3 is 2.68 bits per heavy atom. The number of carbonyl (C=O) groups excluding carboxylic acids is 2. The van der Waals surface area contributed by atoms with E-state index in [2.05, 4.69) is 0 Å². The number of aryl methyl sites for hydroxylation is 2. The van der Waals surface area contributed by atoms with Gasteiger partial charge in [-0.2, -0.15) is 0 Å². The normalized spacial score (nSPS) is 18.6. The van der Waals surface area contributed by atoms with E-state index in [0.717, 1.165) is 19.3 Å². The van der Waals surface area contributed by atoms with Crippen molar-refractivity contribution in [3.8, 4) is 0 Å². The fraction of sp³-hybridized carbons (Fsp3) is 0.333. The molecule has 2 aromatic carbocycles. The number of fused-ring (bicyclic) bond motifs is 1. The Morgan fingerprint density at radius 1 is 1.11 bits per heavy atom. The molecule has 1 atom stereocenters. The molecule has 1 saturated heterocycles. The first-order valence-corrected chi connectivity index (χ1v) is 9.41. The molecule has 0 N–H and O–H groups in total. The molecule has 1 aliphatic carbocycles. The molecule has 0 saturated carbocycles. The molecule has 2 aromatic rings. The summed E-state index contributed by atoms with van der Waals surface area (Å²) < 4.78 is 5.47. The van der Waals surface area contributed by atoms with Gasteiger partial charge in [-0.25, -0.2) is 4.79 Å². The van der Waals surface area contributed by atoms with Gasteiger partial charge in [0.1, 0.15) is 0 Å². The number of ether oxygens (including phenoxy) is 1. The Balaban J connectivity index is 1.46. The Hall–Kier alpha value is -3.22. The van der Waals surface area contributed by atoms with Crippen LogP contribution in [-0.4, -0.2) is 29.4 Å². The number of nitrogens with zero attached hydrogens (tertiary/aromatic N) is 2. The summed E-state index contributed by atoms with van der Waals surface area (Å²) in [6, 6.07) is 11.5. The fourth-order valence-electron chi connectivity index (χ4n) is 3.85. The van der Waals surface area contributed by atoms with E-state index in [1.165, 1.54) is 40.6 Å². The largest absolute Gasteiger partial charge is 0.449 e. The number of anilines is 1. The van der Waals surface area contributed by atoms with Crippen LogP contribution < -0.4 is 4.90 Å². The fourth-order valence-corrected chi connectivity index (χ4v) is 3.85. The second kappa shape index (κ2) is 7.42. The van der Waals surface area contributed by atoms with Gasteiger partial charge < -0.3 is 9.64 Å². The van der Waals surface area contributed by atoms with Gasteiger partial charge in [0.25, 0.3) is 11.6 Å². The zero-order valence-corrected chi connectivity index (χ0v) is 15.3. The lowest BCUT2D eigenvalue weighted by atomic mass is 9.90. The molecular weight excluding hydrogens is 360 g/mol. The van der Waals surface area contributed by atoms with Crippen LogP contribution in [0.1, 0.15) is 40.7 Å². The Morgan fingerprint density at radius 2 is 1.89 bits per heavy atom. The van der Waals surface area contributed by atoms with E-state index in [1.54, 1.807) is 12.1 Å². The molecule has 144 valence electrons. The molecule has 1 unspecified atom stereocenters. The van der Waals surface area contributed by atoms with E-state index in [4.69, 9.17) is 4.74 Å². The van der Waals surface area contributed by atoms with Gasteiger partial charge in [0.05, 0.1) is 16.2 Å². The van der Waals surface area contributed by atoms with Crippen LogP contribution in [0.2, 0.25) is 0 Å². The minimum Gasteiger partial charge on any atom is -0.449 e. The van der Waals surface area contributed by atoms with Crippen LogP contribution in [0.4, 0.5) is 11.4 Å². The zero-order chi connectivity index (χ0) is 19.7. The molecule has 1 fully saturated rings. The van der Waals surface area contributed by atoms with Gasteiger partial charge in [0.2, 0.25) is 0 Å². The van der Waals surface area contributed by atoms with Crippen LogP contribution in [0.15, 0.2) is 42.5 Å². The average molecular weight is 380 g/mol. The summed E-state index contributed by atoms with van der Waals surface area (Å²) in [5, 5.41) is 11.0.